The maximum atomic E-state index is 12.0. The van der Waals surface area contributed by atoms with Crippen molar-refractivity contribution in [3.63, 3.8) is 0 Å². The van der Waals surface area contributed by atoms with Crippen molar-refractivity contribution in [1.29, 1.82) is 0 Å². The van der Waals surface area contributed by atoms with E-state index in [9.17, 15) is 9.59 Å². The van der Waals surface area contributed by atoms with Gasteiger partial charge in [-0.05, 0) is 0 Å². The minimum Gasteiger partial charge on any atom is -0.478 e. The first kappa shape index (κ1) is 16.4. The summed E-state index contributed by atoms with van der Waals surface area (Å²) in [5, 5.41) is 15.4. The number of carboxylic acids is 1. The number of hydrogen-bond donors (Lipinski definition) is 2. The Morgan fingerprint density at radius 2 is 2.04 bits per heavy atom. The van der Waals surface area contributed by atoms with E-state index in [4.69, 9.17) is 14.0 Å². The van der Waals surface area contributed by atoms with E-state index in [2.05, 4.69) is 15.5 Å². The molecule has 1 atom stereocenters. The van der Waals surface area contributed by atoms with E-state index in [1.54, 1.807) is 0 Å². The van der Waals surface area contributed by atoms with E-state index in [0.717, 1.165) is 11.8 Å². The van der Waals surface area contributed by atoms with Crippen LogP contribution in [0.1, 0.15) is 39.6 Å². The number of carboxylic acid groups (broad SMARTS) is 1. The SMILES string of the molecule is CC(CNC(=O)c1cc(C(=O)O)co1)c1nc(-c2ccccc2)no1. The highest BCUT2D eigenvalue weighted by Crippen LogP contribution is 2.19. The molecule has 0 saturated carbocycles. The summed E-state index contributed by atoms with van der Waals surface area (Å²) < 4.78 is 10.2. The first-order valence-corrected chi connectivity index (χ1v) is 7.53. The van der Waals surface area contributed by atoms with E-state index in [0.29, 0.717) is 11.7 Å². The van der Waals surface area contributed by atoms with Gasteiger partial charge in [0.25, 0.3) is 5.91 Å². The Morgan fingerprint density at radius 3 is 2.72 bits per heavy atom. The number of aromatic nitrogens is 2. The Morgan fingerprint density at radius 1 is 1.28 bits per heavy atom. The van der Waals surface area contributed by atoms with Gasteiger partial charge in [-0.15, -0.1) is 0 Å². The highest BCUT2D eigenvalue weighted by Gasteiger charge is 2.19. The van der Waals surface area contributed by atoms with Gasteiger partial charge in [0.1, 0.15) is 6.26 Å². The zero-order valence-corrected chi connectivity index (χ0v) is 13.3. The Kier molecular flexibility index (Phi) is 4.60. The van der Waals surface area contributed by atoms with Crippen molar-refractivity contribution in [2.75, 3.05) is 6.54 Å². The topological polar surface area (TPSA) is 118 Å². The molecular formula is C17H15N3O5. The van der Waals surface area contributed by atoms with E-state index >= 15 is 0 Å². The van der Waals surface area contributed by atoms with Gasteiger partial charge >= 0.3 is 5.97 Å². The van der Waals surface area contributed by atoms with Gasteiger partial charge in [0.15, 0.2) is 5.76 Å². The monoisotopic (exact) mass is 341 g/mol. The van der Waals surface area contributed by atoms with Crippen LogP contribution >= 0.6 is 0 Å². The van der Waals surface area contributed by atoms with Crippen molar-refractivity contribution in [3.8, 4) is 11.4 Å². The van der Waals surface area contributed by atoms with E-state index in [1.165, 1.54) is 6.07 Å². The molecule has 8 heteroatoms. The maximum Gasteiger partial charge on any atom is 0.338 e. The van der Waals surface area contributed by atoms with Crippen LogP contribution < -0.4 is 5.32 Å². The number of carbonyl (C=O) groups is 2. The molecule has 1 amide bonds. The quantitative estimate of drug-likeness (QED) is 0.707. The zero-order valence-electron chi connectivity index (χ0n) is 13.3. The molecule has 2 aromatic heterocycles. The average Bonchev–Trinajstić information content (AvgIpc) is 3.29. The van der Waals surface area contributed by atoms with Crippen LogP contribution in [-0.2, 0) is 0 Å². The van der Waals surface area contributed by atoms with Crippen molar-refractivity contribution in [3.05, 3.63) is 59.9 Å². The van der Waals surface area contributed by atoms with Crippen molar-refractivity contribution < 1.29 is 23.6 Å². The van der Waals surface area contributed by atoms with Crippen molar-refractivity contribution >= 4 is 11.9 Å². The van der Waals surface area contributed by atoms with Crippen LogP contribution in [0, 0.1) is 0 Å². The standard InChI is InChI=1S/C17H15N3O5/c1-10(8-18-15(21)13-7-12(9-24-13)17(22)23)16-19-14(20-25-16)11-5-3-2-4-6-11/h2-7,9-10H,8H2,1H3,(H,18,21)(H,22,23). The maximum absolute atomic E-state index is 12.0. The van der Waals surface area contributed by atoms with Gasteiger partial charge in [-0.3, -0.25) is 4.79 Å². The molecule has 0 aliphatic carbocycles. The second-order valence-corrected chi connectivity index (χ2v) is 5.44. The third-order valence-electron chi connectivity index (χ3n) is 3.53. The lowest BCUT2D eigenvalue weighted by Gasteiger charge is -2.07. The third kappa shape index (κ3) is 3.74. The predicted octanol–water partition coefficient (Wildman–Crippen LogP) is 2.56. The molecule has 0 radical (unpaired) electrons. The minimum absolute atomic E-state index is 0.0693. The van der Waals surface area contributed by atoms with Gasteiger partial charge in [0, 0.05) is 18.2 Å². The Labute approximate surface area is 142 Å². The molecule has 8 nitrogen and oxygen atoms in total. The fourth-order valence-corrected chi connectivity index (χ4v) is 2.13. The number of benzene rings is 1. The van der Waals surface area contributed by atoms with Crippen LogP contribution in [0.5, 0.6) is 0 Å². The summed E-state index contributed by atoms with van der Waals surface area (Å²) in [5.41, 5.74) is 0.758. The fraction of sp³-hybridized carbons (Fsp3) is 0.176. The number of nitrogens with zero attached hydrogens (tertiary/aromatic N) is 2. The number of nitrogens with one attached hydrogen (secondary N) is 1. The van der Waals surface area contributed by atoms with Crippen LogP contribution in [0.4, 0.5) is 0 Å². The molecule has 1 unspecified atom stereocenters. The Bertz CT molecular complexity index is 885. The minimum atomic E-state index is -1.16. The first-order chi connectivity index (χ1) is 12.0. The van der Waals surface area contributed by atoms with Gasteiger partial charge in [-0.25, -0.2) is 4.79 Å². The largest absolute Gasteiger partial charge is 0.478 e. The van der Waals surface area contributed by atoms with E-state index in [-0.39, 0.29) is 23.8 Å². The van der Waals surface area contributed by atoms with Gasteiger partial charge < -0.3 is 19.4 Å². The van der Waals surface area contributed by atoms with Crippen molar-refractivity contribution in [2.24, 2.45) is 0 Å². The molecule has 1 aromatic carbocycles. The van der Waals surface area contributed by atoms with Crippen LogP contribution in [0.2, 0.25) is 0 Å². The second kappa shape index (κ2) is 7.00. The molecule has 2 N–H and O–H groups in total. The molecule has 0 aliphatic heterocycles. The van der Waals surface area contributed by atoms with Gasteiger partial charge in [0.2, 0.25) is 11.7 Å². The third-order valence-corrected chi connectivity index (χ3v) is 3.53. The number of hydrogen-bond acceptors (Lipinski definition) is 6. The highest BCUT2D eigenvalue weighted by atomic mass is 16.5. The zero-order chi connectivity index (χ0) is 17.8. The lowest BCUT2D eigenvalue weighted by Crippen LogP contribution is -2.27. The summed E-state index contributed by atoms with van der Waals surface area (Å²) >= 11 is 0. The fourth-order valence-electron chi connectivity index (χ4n) is 2.13. The lowest BCUT2D eigenvalue weighted by atomic mass is 10.1. The molecule has 0 fully saturated rings. The van der Waals surface area contributed by atoms with Crippen LogP contribution in [0.15, 0.2) is 51.6 Å². The first-order valence-electron chi connectivity index (χ1n) is 7.53. The number of amides is 1. The van der Waals surface area contributed by atoms with Gasteiger partial charge in [-0.1, -0.05) is 42.4 Å². The smallest absolute Gasteiger partial charge is 0.338 e. The molecule has 2 heterocycles. The molecule has 3 aromatic rings. The van der Waals surface area contributed by atoms with Crippen LogP contribution in [0.25, 0.3) is 11.4 Å². The van der Waals surface area contributed by atoms with Gasteiger partial charge in [0.05, 0.1) is 11.5 Å². The highest BCUT2D eigenvalue weighted by molar-refractivity contribution is 5.95. The normalized spacial score (nSPS) is 11.9. The molecule has 0 bridgehead atoms. The van der Waals surface area contributed by atoms with Gasteiger partial charge in [-0.2, -0.15) is 4.98 Å². The summed E-state index contributed by atoms with van der Waals surface area (Å²) in [4.78, 5) is 27.1. The molecule has 0 saturated heterocycles. The number of aromatic carboxylic acids is 1. The molecule has 25 heavy (non-hydrogen) atoms. The second-order valence-electron chi connectivity index (χ2n) is 5.44. The summed E-state index contributed by atoms with van der Waals surface area (Å²) in [5.74, 6) is -1.09. The van der Waals surface area contributed by atoms with Crippen molar-refractivity contribution in [2.45, 2.75) is 12.8 Å². The molecule has 3 rings (SSSR count). The number of rotatable bonds is 6. The average molecular weight is 341 g/mol. The Balaban J connectivity index is 1.60. The van der Waals surface area contributed by atoms with E-state index in [1.807, 2.05) is 37.3 Å². The van der Waals surface area contributed by atoms with Crippen LogP contribution in [-0.4, -0.2) is 33.7 Å². The summed E-state index contributed by atoms with van der Waals surface area (Å²) in [6.45, 7) is 2.06. The molecule has 0 aliphatic rings. The summed E-state index contributed by atoms with van der Waals surface area (Å²) in [6.07, 6.45) is 1.02. The molecular weight excluding hydrogens is 326 g/mol. The lowest BCUT2D eigenvalue weighted by molar-refractivity contribution is 0.0695. The van der Waals surface area contributed by atoms with E-state index < -0.39 is 11.9 Å². The number of furan rings is 1. The molecule has 0 spiro atoms. The van der Waals surface area contributed by atoms with Crippen LogP contribution in [0.3, 0.4) is 0 Å². The number of carbonyl (C=O) groups excluding carboxylic acids is 1. The van der Waals surface area contributed by atoms with Crippen molar-refractivity contribution in [1.82, 2.24) is 15.5 Å². The Hall–Kier alpha value is -3.42. The predicted molar refractivity (Wildman–Crippen MR) is 86.1 cm³/mol. The summed E-state index contributed by atoms with van der Waals surface area (Å²) in [7, 11) is 0. The summed E-state index contributed by atoms with van der Waals surface area (Å²) in [6, 6.07) is 10.6. The molecule has 128 valence electrons.